The second-order valence-electron chi connectivity index (χ2n) is 28.5. The van der Waals surface area contributed by atoms with Crippen LogP contribution >= 0.6 is 0 Å². The van der Waals surface area contributed by atoms with Crippen molar-refractivity contribution in [2.24, 2.45) is 45.3 Å². The Morgan fingerprint density at radius 1 is 0.539 bits per heavy atom. The van der Waals surface area contributed by atoms with E-state index in [0.29, 0.717) is 25.7 Å². The number of carbonyl (C=O) groups is 1. The van der Waals surface area contributed by atoms with E-state index in [1.807, 2.05) is 13.8 Å². The van der Waals surface area contributed by atoms with Gasteiger partial charge >= 0.3 is 0 Å². The lowest BCUT2D eigenvalue weighted by Crippen LogP contribution is -2.65. The highest BCUT2D eigenvalue weighted by Crippen LogP contribution is 2.74. The van der Waals surface area contributed by atoms with Gasteiger partial charge in [-0.25, -0.2) is 0 Å². The molecule has 5 saturated heterocycles. The number of hydrogen-bond acceptors (Lipinski definition) is 29. The number of aliphatic hydroxyl groups is 18. The van der Waals surface area contributed by atoms with Gasteiger partial charge in [-0.3, -0.25) is 4.79 Å². The number of carbonyl (C=O) groups excluding carboxylic acids is 1. The number of ether oxygens (including phenoxy) is 10. The molecule has 4 aliphatic carbocycles. The van der Waals surface area contributed by atoms with Gasteiger partial charge < -0.3 is 139 Å². The minimum Gasteiger partial charge on any atom is -0.394 e. The van der Waals surface area contributed by atoms with Crippen LogP contribution in [0.15, 0.2) is 11.6 Å². The van der Waals surface area contributed by atoms with Crippen molar-refractivity contribution in [1.29, 1.82) is 0 Å². The lowest BCUT2D eigenvalue weighted by atomic mass is 9.38. The van der Waals surface area contributed by atoms with Crippen molar-refractivity contribution in [2.75, 3.05) is 33.0 Å². The van der Waals surface area contributed by atoms with Gasteiger partial charge in [-0.1, -0.05) is 53.2 Å². The third kappa shape index (κ3) is 13.0. The molecule has 514 valence electrons. The summed E-state index contributed by atoms with van der Waals surface area (Å²) in [6.45, 7) is 12.2. The molecule has 9 aliphatic rings. The average Bonchev–Trinajstić information content (AvgIpc) is 1.66. The minimum absolute atomic E-state index is 0.00532. The molecule has 3 saturated carbocycles. The summed E-state index contributed by atoms with van der Waals surface area (Å²) in [6, 6.07) is 0. The molecular formula is C60H100O29. The highest BCUT2D eigenvalue weighted by atomic mass is 16.8. The first-order chi connectivity index (χ1) is 41.6. The first kappa shape index (κ1) is 71.6. The molecule has 0 spiro atoms. The van der Waals surface area contributed by atoms with Crippen LogP contribution in [-0.2, 0) is 52.2 Å². The Bertz CT molecular complexity index is 2390. The summed E-state index contributed by atoms with van der Waals surface area (Å²) in [5.41, 5.74) is -2.96. The zero-order valence-corrected chi connectivity index (χ0v) is 51.7. The monoisotopic (exact) mass is 1280 g/mol. The third-order valence-electron chi connectivity index (χ3n) is 22.6. The van der Waals surface area contributed by atoms with E-state index in [4.69, 9.17) is 47.4 Å². The van der Waals surface area contributed by atoms with Crippen LogP contribution in [0.2, 0.25) is 0 Å². The van der Waals surface area contributed by atoms with Crippen molar-refractivity contribution >= 4 is 5.78 Å². The molecule has 29 nitrogen and oxygen atoms in total. The second-order valence-corrected chi connectivity index (χ2v) is 28.5. The number of ketones is 1. The predicted octanol–water partition coefficient (Wildman–Crippen LogP) is -5.20. The van der Waals surface area contributed by atoms with Gasteiger partial charge in [0.1, 0.15) is 128 Å². The van der Waals surface area contributed by atoms with E-state index in [1.54, 1.807) is 0 Å². The van der Waals surface area contributed by atoms with E-state index in [-0.39, 0.29) is 47.7 Å². The maximum atomic E-state index is 15.4. The first-order valence-corrected chi connectivity index (χ1v) is 31.4. The first-order valence-electron chi connectivity index (χ1n) is 31.4. The van der Waals surface area contributed by atoms with Crippen LogP contribution in [0.5, 0.6) is 0 Å². The molecule has 34 atom stereocenters. The smallest absolute Gasteiger partial charge is 0.187 e. The van der Waals surface area contributed by atoms with Crippen molar-refractivity contribution in [3.05, 3.63) is 11.6 Å². The predicted molar refractivity (Wildman–Crippen MR) is 299 cm³/mol. The van der Waals surface area contributed by atoms with Gasteiger partial charge in [0.25, 0.3) is 0 Å². The van der Waals surface area contributed by atoms with Gasteiger partial charge in [-0.05, 0) is 93.3 Å². The lowest BCUT2D eigenvalue weighted by Gasteiger charge is -2.65. The van der Waals surface area contributed by atoms with E-state index in [9.17, 15) is 91.9 Å². The quantitative estimate of drug-likeness (QED) is 0.0507. The number of rotatable bonds is 20. The summed E-state index contributed by atoms with van der Waals surface area (Å²) in [4.78, 5) is 15.4. The minimum atomic E-state index is -1.97. The molecule has 5 aliphatic heterocycles. The summed E-state index contributed by atoms with van der Waals surface area (Å²) >= 11 is 0. The Kier molecular flexibility index (Phi) is 22.1. The topological polar surface area (TPSA) is 474 Å². The summed E-state index contributed by atoms with van der Waals surface area (Å²) < 4.78 is 59.2. The summed E-state index contributed by atoms with van der Waals surface area (Å²) in [5, 5.41) is 192. The van der Waals surface area contributed by atoms with Gasteiger partial charge in [0, 0.05) is 17.3 Å². The van der Waals surface area contributed by atoms with E-state index < -0.39 is 221 Å². The molecule has 0 aromatic rings. The molecule has 0 bridgehead atoms. The fraction of sp³-hybridized carbons (Fsp3) is 0.950. The van der Waals surface area contributed by atoms with Crippen LogP contribution in [0.1, 0.15) is 107 Å². The zero-order valence-electron chi connectivity index (χ0n) is 51.7. The molecule has 0 aromatic heterocycles. The van der Waals surface area contributed by atoms with Crippen LogP contribution in [0.25, 0.3) is 0 Å². The number of aliphatic hydroxyl groups excluding tert-OH is 17. The summed E-state index contributed by atoms with van der Waals surface area (Å²) in [7, 11) is 0. The van der Waals surface area contributed by atoms with Crippen LogP contribution in [0.4, 0.5) is 0 Å². The largest absolute Gasteiger partial charge is 0.394 e. The van der Waals surface area contributed by atoms with E-state index in [2.05, 4.69) is 33.8 Å². The van der Waals surface area contributed by atoms with Crippen molar-refractivity contribution < 1.29 is 144 Å². The Morgan fingerprint density at radius 2 is 0.978 bits per heavy atom. The standard InChI is InChI=1S/C60H100O29/c1-23(9-13-35(57(4,5)79)88-55-50(89-54-49(78)43(72)38(67)29(20-63)84-54)45(74)40(69)31(86-55)22-81-52-47(76)42(71)37(66)28(19-62)83-52)24-15-16-58(6)32-12-10-25-26(60(32,8)33(64)17-59(24,58)7)11-14-34(56(25,2)3)87-53-48(77)44(73)39(68)30(85-53)21-80-51-46(75)41(70)36(65)27(18-61)82-51/h10,23-24,26-32,34-55,61-63,65-79H,9,11-22H2,1-8H3/t23-,24+,26+,27-,28-,29-,30-,31-,32+,34+,35-,36-,37-,38-,39-,40-,41+,42+,43+,44+,45+,46-,47-,48-,49-,50-,51-,52-,53+,54+,55+,58+,59-,60-/m1/s1. The second kappa shape index (κ2) is 27.4. The average molecular weight is 1290 g/mol. The Hall–Kier alpha value is -1.71. The summed E-state index contributed by atoms with van der Waals surface area (Å²) in [5.74, 6) is -0.178. The Balaban J connectivity index is 0.884. The molecule has 5 heterocycles. The van der Waals surface area contributed by atoms with Crippen molar-refractivity contribution in [3.8, 4) is 0 Å². The zero-order chi connectivity index (χ0) is 65.5. The highest BCUT2D eigenvalue weighted by molar-refractivity contribution is 5.88. The molecule has 8 fully saturated rings. The Labute approximate surface area is 516 Å². The Morgan fingerprint density at radius 3 is 1.47 bits per heavy atom. The number of fused-ring (bicyclic) bond motifs is 5. The van der Waals surface area contributed by atoms with Crippen molar-refractivity contribution in [2.45, 2.75) is 278 Å². The van der Waals surface area contributed by atoms with Crippen LogP contribution in [0.3, 0.4) is 0 Å². The van der Waals surface area contributed by atoms with Crippen LogP contribution < -0.4 is 0 Å². The van der Waals surface area contributed by atoms with Crippen molar-refractivity contribution in [3.63, 3.8) is 0 Å². The molecular weight excluding hydrogens is 1180 g/mol. The molecule has 29 heteroatoms. The SMILES string of the molecule is C[C@H](CC[C@@H](O[C@@H]1O[C@H](CO[C@@H]2O[C@H](CO)[C@@H](O)[C@H](O)[C@H]2O)[C@@H](O)[C@H](O)[C@H]1O[C@@H]1O[C@H](CO)[C@@H](O)[C@H](O)[C@H]1O)C(C)(C)O)[C@@H]1CC[C@@]2(C)[C@@H]3CC=C4[C@H](CC[C@H](O[C@@H]5O[C@H](CO[C@@H]6O[C@H](CO)[C@@H](O)[C@H](O)[C@H]6O)[C@@H](O)[C@H](O)[C@H]5O)C4(C)C)[C@@]3(C)C(=O)C[C@]12C. The van der Waals surface area contributed by atoms with E-state index >= 15 is 4.79 Å². The molecule has 0 radical (unpaired) electrons. The normalized spacial score (nSPS) is 51.0. The maximum absolute atomic E-state index is 15.4. The van der Waals surface area contributed by atoms with Gasteiger partial charge in [-0.15, -0.1) is 0 Å². The van der Waals surface area contributed by atoms with Gasteiger partial charge in [0.05, 0.1) is 50.8 Å². The van der Waals surface area contributed by atoms with E-state index in [0.717, 1.165) is 18.4 Å². The molecule has 9 rings (SSSR count). The molecule has 18 N–H and O–H groups in total. The molecule has 0 aromatic carbocycles. The molecule has 0 unspecified atom stereocenters. The van der Waals surface area contributed by atoms with Gasteiger partial charge in [-0.2, -0.15) is 0 Å². The van der Waals surface area contributed by atoms with Crippen molar-refractivity contribution in [1.82, 2.24) is 0 Å². The number of allylic oxidation sites excluding steroid dienone is 1. The van der Waals surface area contributed by atoms with Gasteiger partial charge in [0.2, 0.25) is 0 Å². The number of hydrogen-bond donors (Lipinski definition) is 18. The fourth-order valence-electron chi connectivity index (χ4n) is 16.7. The molecule has 89 heavy (non-hydrogen) atoms. The molecule has 0 amide bonds. The van der Waals surface area contributed by atoms with E-state index in [1.165, 1.54) is 13.8 Å². The maximum Gasteiger partial charge on any atom is 0.187 e. The van der Waals surface area contributed by atoms with Crippen LogP contribution in [0, 0.1) is 45.3 Å². The summed E-state index contributed by atoms with van der Waals surface area (Å²) in [6.07, 6.45) is -37.4. The number of Topliss-reactive ketones (excluding diaryl/α,β-unsaturated/α-hetero) is 1. The van der Waals surface area contributed by atoms with Crippen LogP contribution in [-0.4, -0.2) is 302 Å². The highest BCUT2D eigenvalue weighted by Gasteiger charge is 2.71. The van der Waals surface area contributed by atoms with Gasteiger partial charge in [0.15, 0.2) is 31.5 Å². The lowest BCUT2D eigenvalue weighted by molar-refractivity contribution is -0.380. The third-order valence-corrected chi connectivity index (χ3v) is 22.6. The fourth-order valence-corrected chi connectivity index (χ4v) is 16.7.